The molecule has 2 aliphatic rings. The lowest BCUT2D eigenvalue weighted by atomic mass is 9.95. The van der Waals surface area contributed by atoms with Crippen LogP contribution < -0.4 is 5.32 Å². The number of hydrogen-bond donors (Lipinski definition) is 1. The third kappa shape index (κ3) is 7.78. The molecule has 1 N–H and O–H groups in total. The SMILES string of the molecule is CNC(=O)C1CCN(C(=O)CCC(C)OC2CCN(C(=O)OC(C)(C)C)CC2)CC1. The highest BCUT2D eigenvalue weighted by Gasteiger charge is 2.29. The summed E-state index contributed by atoms with van der Waals surface area (Å²) in [4.78, 5) is 39.9. The number of hydrogen-bond acceptors (Lipinski definition) is 5. The molecule has 2 aliphatic heterocycles. The van der Waals surface area contributed by atoms with E-state index in [0.29, 0.717) is 39.0 Å². The van der Waals surface area contributed by atoms with Crippen LogP contribution in [0.3, 0.4) is 0 Å². The van der Waals surface area contributed by atoms with Crippen LogP contribution in [0.15, 0.2) is 0 Å². The molecule has 0 saturated carbocycles. The first-order chi connectivity index (χ1) is 14.1. The molecule has 172 valence electrons. The molecule has 30 heavy (non-hydrogen) atoms. The predicted octanol–water partition coefficient (Wildman–Crippen LogP) is 2.56. The summed E-state index contributed by atoms with van der Waals surface area (Å²) in [7, 11) is 1.66. The lowest BCUT2D eigenvalue weighted by Gasteiger charge is -2.34. The van der Waals surface area contributed by atoms with Gasteiger partial charge in [0.2, 0.25) is 11.8 Å². The second kappa shape index (κ2) is 11.0. The van der Waals surface area contributed by atoms with Gasteiger partial charge < -0.3 is 24.6 Å². The number of rotatable bonds is 6. The first-order valence-electron chi connectivity index (χ1n) is 11.2. The van der Waals surface area contributed by atoms with Gasteiger partial charge in [-0.2, -0.15) is 0 Å². The van der Waals surface area contributed by atoms with Gasteiger partial charge in [-0.1, -0.05) is 0 Å². The molecule has 0 bridgehead atoms. The maximum absolute atomic E-state index is 12.5. The van der Waals surface area contributed by atoms with Crippen molar-refractivity contribution in [1.29, 1.82) is 0 Å². The quantitative estimate of drug-likeness (QED) is 0.707. The maximum atomic E-state index is 12.5. The molecule has 8 nitrogen and oxygen atoms in total. The molecule has 8 heteroatoms. The second-order valence-corrected chi connectivity index (χ2v) is 9.42. The van der Waals surface area contributed by atoms with Crippen LogP contribution in [0.1, 0.15) is 66.2 Å². The Bertz CT molecular complexity index is 588. The van der Waals surface area contributed by atoms with Crippen molar-refractivity contribution in [1.82, 2.24) is 15.1 Å². The zero-order chi connectivity index (χ0) is 22.3. The molecule has 1 unspecified atom stereocenters. The zero-order valence-electron chi connectivity index (χ0n) is 19.2. The van der Waals surface area contributed by atoms with Gasteiger partial charge in [0, 0.05) is 45.6 Å². The maximum Gasteiger partial charge on any atom is 0.410 e. The summed E-state index contributed by atoms with van der Waals surface area (Å²) >= 11 is 0. The lowest BCUT2D eigenvalue weighted by Crippen LogP contribution is -2.44. The number of piperidine rings is 2. The third-order valence-corrected chi connectivity index (χ3v) is 5.75. The molecule has 0 aromatic heterocycles. The average Bonchev–Trinajstić information content (AvgIpc) is 2.70. The van der Waals surface area contributed by atoms with Gasteiger partial charge in [-0.15, -0.1) is 0 Å². The van der Waals surface area contributed by atoms with Crippen LogP contribution in [-0.4, -0.2) is 78.7 Å². The fourth-order valence-corrected chi connectivity index (χ4v) is 3.98. The van der Waals surface area contributed by atoms with Gasteiger partial charge in [0.1, 0.15) is 5.60 Å². The van der Waals surface area contributed by atoms with E-state index in [0.717, 1.165) is 25.7 Å². The van der Waals surface area contributed by atoms with Gasteiger partial charge in [-0.25, -0.2) is 4.79 Å². The van der Waals surface area contributed by atoms with Gasteiger partial charge >= 0.3 is 6.09 Å². The first kappa shape index (κ1) is 24.4. The van der Waals surface area contributed by atoms with E-state index < -0.39 is 5.60 Å². The summed E-state index contributed by atoms with van der Waals surface area (Å²) in [5, 5.41) is 2.69. The molecule has 0 aromatic carbocycles. The van der Waals surface area contributed by atoms with Gasteiger partial charge in [0.05, 0.1) is 12.2 Å². The van der Waals surface area contributed by atoms with E-state index in [4.69, 9.17) is 9.47 Å². The standard InChI is InChI=1S/C22H39N3O5/c1-16(6-7-19(26)24-12-8-17(9-13-24)20(27)23-5)29-18-10-14-25(15-11-18)21(28)30-22(2,3)4/h16-18H,6-15H2,1-5H3,(H,23,27). The Balaban J connectivity index is 1.64. The van der Waals surface area contributed by atoms with Gasteiger partial charge in [-0.05, 0) is 59.8 Å². The van der Waals surface area contributed by atoms with E-state index in [1.165, 1.54) is 0 Å². The van der Waals surface area contributed by atoms with E-state index in [9.17, 15) is 14.4 Å². The van der Waals surface area contributed by atoms with Crippen molar-refractivity contribution in [2.24, 2.45) is 5.92 Å². The highest BCUT2D eigenvalue weighted by molar-refractivity contribution is 5.79. The second-order valence-electron chi connectivity index (χ2n) is 9.42. The van der Waals surface area contributed by atoms with Gasteiger partial charge in [0.15, 0.2) is 0 Å². The van der Waals surface area contributed by atoms with E-state index in [2.05, 4.69) is 5.32 Å². The van der Waals surface area contributed by atoms with E-state index in [1.54, 1.807) is 11.9 Å². The Morgan fingerprint density at radius 3 is 2.10 bits per heavy atom. The van der Waals surface area contributed by atoms with Crippen molar-refractivity contribution in [3.05, 3.63) is 0 Å². The monoisotopic (exact) mass is 425 g/mol. The number of nitrogens with zero attached hydrogens (tertiary/aromatic N) is 2. The molecular weight excluding hydrogens is 386 g/mol. The molecule has 0 aliphatic carbocycles. The van der Waals surface area contributed by atoms with Crippen molar-refractivity contribution in [3.63, 3.8) is 0 Å². The molecule has 2 saturated heterocycles. The average molecular weight is 426 g/mol. The normalized spacial score (nSPS) is 20.0. The number of nitrogens with one attached hydrogen (secondary N) is 1. The number of likely N-dealkylation sites (tertiary alicyclic amines) is 2. The largest absolute Gasteiger partial charge is 0.444 e. The summed E-state index contributed by atoms with van der Waals surface area (Å²) < 4.78 is 11.5. The minimum Gasteiger partial charge on any atom is -0.444 e. The third-order valence-electron chi connectivity index (χ3n) is 5.75. The molecule has 3 amide bonds. The Hall–Kier alpha value is -1.83. The predicted molar refractivity (Wildman–Crippen MR) is 114 cm³/mol. The van der Waals surface area contributed by atoms with Crippen LogP contribution >= 0.6 is 0 Å². The van der Waals surface area contributed by atoms with Crippen LogP contribution in [0.5, 0.6) is 0 Å². The highest BCUT2D eigenvalue weighted by Crippen LogP contribution is 2.21. The minimum absolute atomic E-state index is 0.00423. The van der Waals surface area contributed by atoms with Crippen molar-refractivity contribution in [2.75, 3.05) is 33.2 Å². The molecular formula is C22H39N3O5. The first-order valence-corrected chi connectivity index (χ1v) is 11.2. The summed E-state index contributed by atoms with van der Waals surface area (Å²) in [6.45, 7) is 10.2. The molecule has 2 heterocycles. The molecule has 0 spiro atoms. The van der Waals surface area contributed by atoms with Crippen molar-refractivity contribution in [2.45, 2.75) is 84.0 Å². The number of carbonyl (C=O) groups excluding carboxylic acids is 3. The smallest absolute Gasteiger partial charge is 0.410 e. The fourth-order valence-electron chi connectivity index (χ4n) is 3.98. The summed E-state index contributed by atoms with van der Waals surface area (Å²) in [6.07, 6.45) is 4.01. The number of ether oxygens (including phenoxy) is 2. The van der Waals surface area contributed by atoms with Crippen molar-refractivity contribution >= 4 is 17.9 Å². The van der Waals surface area contributed by atoms with Crippen LogP contribution in [0.25, 0.3) is 0 Å². The summed E-state index contributed by atoms with van der Waals surface area (Å²) in [5.41, 5.74) is -0.483. The Labute approximate surface area is 180 Å². The van der Waals surface area contributed by atoms with Crippen molar-refractivity contribution in [3.8, 4) is 0 Å². The summed E-state index contributed by atoms with van der Waals surface area (Å²) in [5.74, 6) is 0.232. The van der Waals surface area contributed by atoms with Crippen molar-refractivity contribution < 1.29 is 23.9 Å². The number of amides is 3. The molecule has 2 fully saturated rings. The highest BCUT2D eigenvalue weighted by atomic mass is 16.6. The van der Waals surface area contributed by atoms with Crippen LogP contribution in [-0.2, 0) is 19.1 Å². The lowest BCUT2D eigenvalue weighted by molar-refractivity contribution is -0.136. The molecule has 2 rings (SSSR count). The topological polar surface area (TPSA) is 88.2 Å². The van der Waals surface area contributed by atoms with Crippen LogP contribution in [0.4, 0.5) is 4.79 Å². The Morgan fingerprint density at radius 2 is 1.57 bits per heavy atom. The van der Waals surface area contributed by atoms with Gasteiger partial charge in [-0.3, -0.25) is 9.59 Å². The van der Waals surface area contributed by atoms with Crippen LogP contribution in [0.2, 0.25) is 0 Å². The van der Waals surface area contributed by atoms with E-state index in [-0.39, 0.29) is 36.0 Å². The Morgan fingerprint density at radius 1 is 1.00 bits per heavy atom. The summed E-state index contributed by atoms with van der Waals surface area (Å²) in [6, 6.07) is 0. The molecule has 0 radical (unpaired) electrons. The van der Waals surface area contributed by atoms with E-state index >= 15 is 0 Å². The fraction of sp³-hybridized carbons (Fsp3) is 0.864. The zero-order valence-corrected chi connectivity index (χ0v) is 19.2. The minimum atomic E-state index is -0.483. The molecule has 1 atom stereocenters. The van der Waals surface area contributed by atoms with Crippen LogP contribution in [0, 0.1) is 5.92 Å². The molecule has 0 aromatic rings. The van der Waals surface area contributed by atoms with E-state index in [1.807, 2.05) is 32.6 Å². The van der Waals surface area contributed by atoms with Gasteiger partial charge in [0.25, 0.3) is 0 Å². The number of carbonyl (C=O) groups is 3. The Kier molecular flexibility index (Phi) is 8.94.